The van der Waals surface area contributed by atoms with Gasteiger partial charge in [-0.1, -0.05) is 48.5 Å². The van der Waals surface area contributed by atoms with Gasteiger partial charge in [0.05, 0.1) is 0 Å². The molecule has 0 radical (unpaired) electrons. The molecule has 0 unspecified atom stereocenters. The minimum Gasteiger partial charge on any atom is -0.456 e. The molecule has 0 saturated carbocycles. The summed E-state index contributed by atoms with van der Waals surface area (Å²) in [5.74, 6) is -4.99. The lowest BCUT2D eigenvalue weighted by molar-refractivity contribution is -0.170. The van der Waals surface area contributed by atoms with Gasteiger partial charge in [-0.25, -0.2) is 4.79 Å². The molecular formula is C18H14F2O2. The van der Waals surface area contributed by atoms with E-state index >= 15 is 0 Å². The molecular weight excluding hydrogens is 286 g/mol. The van der Waals surface area contributed by atoms with Crippen LogP contribution in [0.25, 0.3) is 21.5 Å². The van der Waals surface area contributed by atoms with Crippen molar-refractivity contribution >= 4 is 27.5 Å². The van der Waals surface area contributed by atoms with E-state index in [1.807, 2.05) is 54.6 Å². The first-order valence-electron chi connectivity index (χ1n) is 6.91. The summed E-state index contributed by atoms with van der Waals surface area (Å²) in [5.41, 5.74) is 0.715. The second-order valence-corrected chi connectivity index (χ2v) is 5.27. The highest BCUT2D eigenvalue weighted by Gasteiger charge is 2.34. The Morgan fingerprint density at radius 3 is 2.27 bits per heavy atom. The highest BCUT2D eigenvalue weighted by molar-refractivity contribution is 6.08. The first-order chi connectivity index (χ1) is 10.5. The number of hydrogen-bond acceptors (Lipinski definition) is 2. The van der Waals surface area contributed by atoms with Crippen LogP contribution < -0.4 is 0 Å². The van der Waals surface area contributed by atoms with Gasteiger partial charge < -0.3 is 4.74 Å². The second-order valence-electron chi connectivity index (χ2n) is 5.27. The second kappa shape index (κ2) is 5.37. The third kappa shape index (κ3) is 2.64. The highest BCUT2D eigenvalue weighted by Crippen LogP contribution is 2.29. The molecule has 0 fully saturated rings. The molecule has 0 amide bonds. The van der Waals surface area contributed by atoms with E-state index in [-0.39, 0.29) is 6.61 Å². The molecule has 3 aromatic carbocycles. The van der Waals surface area contributed by atoms with Crippen LogP contribution in [0.15, 0.2) is 54.6 Å². The number of alkyl halides is 2. The zero-order chi connectivity index (χ0) is 15.7. The molecule has 22 heavy (non-hydrogen) atoms. The Morgan fingerprint density at radius 1 is 1.00 bits per heavy atom. The molecule has 0 N–H and O–H groups in total. The van der Waals surface area contributed by atoms with Gasteiger partial charge in [-0.05, 0) is 33.2 Å². The van der Waals surface area contributed by atoms with Crippen molar-refractivity contribution in [2.75, 3.05) is 0 Å². The molecule has 0 heterocycles. The summed E-state index contributed by atoms with van der Waals surface area (Å²) < 4.78 is 30.6. The fourth-order valence-corrected chi connectivity index (χ4v) is 2.52. The minimum atomic E-state index is -3.48. The lowest BCUT2D eigenvalue weighted by atomic mass is 9.98. The van der Waals surface area contributed by atoms with Gasteiger partial charge in [0.15, 0.2) is 0 Å². The summed E-state index contributed by atoms with van der Waals surface area (Å²) in [6.45, 7) is 0.363. The molecule has 3 rings (SSSR count). The van der Waals surface area contributed by atoms with Gasteiger partial charge in [0.2, 0.25) is 0 Å². The average Bonchev–Trinajstić information content (AvgIpc) is 2.51. The molecule has 0 aliphatic rings. The Hall–Kier alpha value is -2.49. The first-order valence-corrected chi connectivity index (χ1v) is 6.91. The van der Waals surface area contributed by atoms with Gasteiger partial charge in [-0.3, -0.25) is 0 Å². The Bertz CT molecular complexity index is 850. The maximum atomic E-state index is 12.9. The van der Waals surface area contributed by atoms with Crippen molar-refractivity contribution in [3.8, 4) is 0 Å². The number of carbonyl (C=O) groups excluding carboxylic acids is 1. The molecule has 112 valence electrons. The monoisotopic (exact) mass is 300 g/mol. The van der Waals surface area contributed by atoms with Crippen LogP contribution in [0.2, 0.25) is 0 Å². The third-order valence-electron chi connectivity index (χ3n) is 3.57. The van der Waals surface area contributed by atoms with E-state index in [1.165, 1.54) is 0 Å². The SMILES string of the molecule is CC(F)(F)C(=O)OCc1cc2ccccc2c2ccccc12. The molecule has 0 atom stereocenters. The van der Waals surface area contributed by atoms with Crippen molar-refractivity contribution in [2.24, 2.45) is 0 Å². The number of halogens is 2. The first kappa shape index (κ1) is 14.4. The van der Waals surface area contributed by atoms with Crippen LogP contribution >= 0.6 is 0 Å². The molecule has 0 aliphatic carbocycles. The van der Waals surface area contributed by atoms with Crippen LogP contribution in [-0.2, 0) is 16.1 Å². The summed E-state index contributed by atoms with van der Waals surface area (Å²) in [7, 11) is 0. The fourth-order valence-electron chi connectivity index (χ4n) is 2.52. The summed E-state index contributed by atoms with van der Waals surface area (Å²) in [5, 5.41) is 3.97. The van der Waals surface area contributed by atoms with Gasteiger partial charge in [0.1, 0.15) is 6.61 Å². The maximum absolute atomic E-state index is 12.9. The molecule has 0 aromatic heterocycles. The van der Waals surface area contributed by atoms with E-state index < -0.39 is 11.9 Å². The number of benzene rings is 3. The van der Waals surface area contributed by atoms with Crippen molar-refractivity contribution in [1.82, 2.24) is 0 Å². The van der Waals surface area contributed by atoms with Gasteiger partial charge in [-0.15, -0.1) is 0 Å². The van der Waals surface area contributed by atoms with Crippen molar-refractivity contribution in [3.63, 3.8) is 0 Å². The predicted molar refractivity (Wildman–Crippen MR) is 81.9 cm³/mol. The quantitative estimate of drug-likeness (QED) is 0.518. The Labute approximate surface area is 126 Å². The summed E-state index contributed by atoms with van der Waals surface area (Å²) in [6, 6.07) is 17.3. The predicted octanol–water partition coefficient (Wildman–Crippen LogP) is 4.69. The zero-order valence-electron chi connectivity index (χ0n) is 12.0. The van der Waals surface area contributed by atoms with E-state index in [0.29, 0.717) is 12.5 Å². The number of carbonyl (C=O) groups is 1. The smallest absolute Gasteiger partial charge is 0.376 e. The molecule has 0 spiro atoms. The van der Waals surface area contributed by atoms with Crippen LogP contribution in [-0.4, -0.2) is 11.9 Å². The van der Waals surface area contributed by atoms with Crippen LogP contribution in [0.1, 0.15) is 12.5 Å². The Morgan fingerprint density at radius 2 is 1.59 bits per heavy atom. The number of rotatable bonds is 3. The van der Waals surface area contributed by atoms with Crippen LogP contribution in [0.3, 0.4) is 0 Å². The number of fused-ring (bicyclic) bond motifs is 3. The molecule has 4 heteroatoms. The molecule has 0 bridgehead atoms. The summed E-state index contributed by atoms with van der Waals surface area (Å²) in [4.78, 5) is 11.3. The zero-order valence-corrected chi connectivity index (χ0v) is 12.0. The molecule has 0 aliphatic heterocycles. The lowest BCUT2D eigenvalue weighted by Crippen LogP contribution is -2.26. The van der Waals surface area contributed by atoms with Gasteiger partial charge in [-0.2, -0.15) is 8.78 Å². The minimum absolute atomic E-state index is 0.173. The van der Waals surface area contributed by atoms with Crippen LogP contribution in [0.4, 0.5) is 8.78 Å². The van der Waals surface area contributed by atoms with Crippen molar-refractivity contribution in [1.29, 1.82) is 0 Å². The van der Waals surface area contributed by atoms with Gasteiger partial charge in [0.25, 0.3) is 0 Å². The van der Waals surface area contributed by atoms with E-state index in [1.54, 1.807) is 0 Å². The Kier molecular flexibility index (Phi) is 3.53. The standard InChI is InChI=1S/C18H14F2O2/c1-18(19,20)17(21)22-11-13-10-12-6-2-3-7-14(12)16-9-5-4-8-15(13)16/h2-10H,11H2,1H3. The Balaban J connectivity index is 2.06. The van der Waals surface area contributed by atoms with E-state index in [9.17, 15) is 13.6 Å². The third-order valence-corrected chi connectivity index (χ3v) is 3.57. The molecule has 0 saturated heterocycles. The van der Waals surface area contributed by atoms with E-state index in [2.05, 4.69) is 0 Å². The number of esters is 1. The average molecular weight is 300 g/mol. The van der Waals surface area contributed by atoms with Crippen LogP contribution in [0, 0.1) is 0 Å². The van der Waals surface area contributed by atoms with Gasteiger partial charge in [0, 0.05) is 6.92 Å². The van der Waals surface area contributed by atoms with Crippen molar-refractivity contribution < 1.29 is 18.3 Å². The number of ether oxygens (including phenoxy) is 1. The summed E-state index contributed by atoms with van der Waals surface area (Å²) >= 11 is 0. The topological polar surface area (TPSA) is 26.3 Å². The van der Waals surface area contributed by atoms with Crippen molar-refractivity contribution in [3.05, 3.63) is 60.2 Å². The molecule has 2 nitrogen and oxygen atoms in total. The summed E-state index contributed by atoms with van der Waals surface area (Å²) in [6.07, 6.45) is 0. The van der Waals surface area contributed by atoms with Crippen molar-refractivity contribution in [2.45, 2.75) is 19.5 Å². The lowest BCUT2D eigenvalue weighted by Gasteiger charge is -2.13. The fraction of sp³-hybridized carbons (Fsp3) is 0.167. The largest absolute Gasteiger partial charge is 0.456 e. The van der Waals surface area contributed by atoms with E-state index in [0.717, 1.165) is 21.5 Å². The normalized spacial score (nSPS) is 11.8. The molecule has 3 aromatic rings. The van der Waals surface area contributed by atoms with E-state index in [4.69, 9.17) is 4.74 Å². The maximum Gasteiger partial charge on any atom is 0.376 e. The van der Waals surface area contributed by atoms with Gasteiger partial charge >= 0.3 is 11.9 Å². The number of hydrogen-bond donors (Lipinski definition) is 0. The van der Waals surface area contributed by atoms with Crippen LogP contribution in [0.5, 0.6) is 0 Å². The highest BCUT2D eigenvalue weighted by atomic mass is 19.3.